The molecule has 0 saturated heterocycles. The minimum absolute atomic E-state index is 0.140. The smallest absolute Gasteiger partial charge is 0.119 e. The van der Waals surface area contributed by atoms with Gasteiger partial charge in [0.05, 0.1) is 42.8 Å². The molecule has 0 fully saturated rings. The molecule has 5 heteroatoms. The van der Waals surface area contributed by atoms with Crippen LogP contribution in [-0.2, 0) is 11.2 Å². The maximum Gasteiger partial charge on any atom is 0.119 e. The van der Waals surface area contributed by atoms with Crippen LogP contribution in [-0.4, -0.2) is 34.4 Å². The Morgan fingerprint density at radius 1 is 0.912 bits per heavy atom. The van der Waals surface area contributed by atoms with E-state index in [0.29, 0.717) is 19.1 Å². The normalized spacial score (nSPS) is 13.4. The van der Waals surface area contributed by atoms with Crippen LogP contribution >= 0.6 is 0 Å². The number of imidazole rings is 1. The molecule has 0 radical (unpaired) electrons. The number of pyridine rings is 1. The molecule has 4 rings (SSSR count). The zero-order chi connectivity index (χ0) is 23.8. The molecule has 5 nitrogen and oxygen atoms in total. The topological polar surface area (TPSA) is 49.2 Å². The Hall–Kier alpha value is -2.92. The lowest BCUT2D eigenvalue weighted by molar-refractivity contribution is 0.114. The highest BCUT2D eigenvalue weighted by molar-refractivity contribution is 6.02. The maximum atomic E-state index is 6.11. The highest BCUT2D eigenvalue weighted by atomic mass is 16.5. The van der Waals surface area contributed by atoms with E-state index >= 15 is 0 Å². The highest BCUT2D eigenvalue weighted by Gasteiger charge is 2.18. The van der Waals surface area contributed by atoms with E-state index in [1.807, 2.05) is 31.6 Å². The largest absolute Gasteiger partial charge is 0.493 e. The standard InChI is InChI=1S/C29H37N3O2/c1-4-7-10-22(5-2)19-34-25-15-13-23(14-16-25)17-24(20-33-6-3)32-21-31-28-18-30-27-12-9-8-11-26(27)29(28)32/h8-9,11-16,18,21-22,24H,4-7,10,17,19-20H2,1-3H3. The fourth-order valence-corrected chi connectivity index (χ4v) is 4.54. The summed E-state index contributed by atoms with van der Waals surface area (Å²) < 4.78 is 14.3. The molecule has 2 aromatic heterocycles. The van der Waals surface area contributed by atoms with Crippen LogP contribution in [0.5, 0.6) is 5.75 Å². The Morgan fingerprint density at radius 2 is 1.74 bits per heavy atom. The molecule has 2 heterocycles. The van der Waals surface area contributed by atoms with E-state index in [-0.39, 0.29) is 6.04 Å². The van der Waals surface area contributed by atoms with Crippen molar-refractivity contribution in [3.8, 4) is 5.75 Å². The van der Waals surface area contributed by atoms with Crippen molar-refractivity contribution in [2.24, 2.45) is 5.92 Å². The lowest BCUT2D eigenvalue weighted by Crippen LogP contribution is -2.18. The van der Waals surface area contributed by atoms with Gasteiger partial charge in [-0.2, -0.15) is 0 Å². The molecule has 0 amide bonds. The van der Waals surface area contributed by atoms with Crippen molar-refractivity contribution in [1.82, 2.24) is 14.5 Å². The van der Waals surface area contributed by atoms with E-state index in [4.69, 9.17) is 9.47 Å². The summed E-state index contributed by atoms with van der Waals surface area (Å²) in [6, 6.07) is 17.0. The third-order valence-electron chi connectivity index (χ3n) is 6.64. The summed E-state index contributed by atoms with van der Waals surface area (Å²) in [5.41, 5.74) is 4.28. The lowest BCUT2D eigenvalue weighted by Gasteiger charge is -2.20. The van der Waals surface area contributed by atoms with Gasteiger partial charge in [0.2, 0.25) is 0 Å². The highest BCUT2D eigenvalue weighted by Crippen LogP contribution is 2.28. The number of benzene rings is 2. The van der Waals surface area contributed by atoms with Crippen molar-refractivity contribution >= 4 is 21.9 Å². The van der Waals surface area contributed by atoms with Crippen molar-refractivity contribution in [2.45, 2.75) is 58.9 Å². The van der Waals surface area contributed by atoms with Crippen LogP contribution in [0.1, 0.15) is 58.1 Å². The van der Waals surface area contributed by atoms with Crippen LogP contribution < -0.4 is 4.74 Å². The number of aromatic nitrogens is 3. The quantitative estimate of drug-likeness (QED) is 0.216. The molecule has 0 aliphatic rings. The number of unbranched alkanes of at least 4 members (excludes halogenated alkanes) is 1. The summed E-state index contributed by atoms with van der Waals surface area (Å²) in [5, 5.41) is 1.12. The van der Waals surface area contributed by atoms with E-state index in [2.05, 4.69) is 64.8 Å². The lowest BCUT2D eigenvalue weighted by atomic mass is 10.0. The molecular formula is C29H37N3O2. The van der Waals surface area contributed by atoms with Gasteiger partial charge in [-0.15, -0.1) is 0 Å². The number of fused-ring (bicyclic) bond motifs is 3. The van der Waals surface area contributed by atoms with Gasteiger partial charge in [-0.25, -0.2) is 4.98 Å². The molecule has 0 N–H and O–H groups in total. The van der Waals surface area contributed by atoms with Crippen molar-refractivity contribution in [1.29, 1.82) is 0 Å². The van der Waals surface area contributed by atoms with Gasteiger partial charge >= 0.3 is 0 Å². The maximum absolute atomic E-state index is 6.11. The van der Waals surface area contributed by atoms with Gasteiger partial charge in [-0.1, -0.05) is 63.4 Å². The predicted molar refractivity (Wildman–Crippen MR) is 140 cm³/mol. The second kappa shape index (κ2) is 12.0. The molecule has 180 valence electrons. The van der Waals surface area contributed by atoms with Gasteiger partial charge < -0.3 is 14.0 Å². The van der Waals surface area contributed by atoms with Gasteiger partial charge in [-0.05, 0) is 49.4 Å². The van der Waals surface area contributed by atoms with E-state index in [1.54, 1.807) is 0 Å². The first-order valence-corrected chi connectivity index (χ1v) is 12.7. The van der Waals surface area contributed by atoms with Gasteiger partial charge in [0.25, 0.3) is 0 Å². The fourth-order valence-electron chi connectivity index (χ4n) is 4.54. The fraction of sp³-hybridized carbons (Fsp3) is 0.448. The predicted octanol–water partition coefficient (Wildman–Crippen LogP) is 7.00. The number of nitrogens with zero attached hydrogens (tertiary/aromatic N) is 3. The third kappa shape index (κ3) is 5.76. The zero-order valence-electron chi connectivity index (χ0n) is 20.7. The van der Waals surface area contributed by atoms with Crippen LogP contribution in [0.2, 0.25) is 0 Å². The van der Waals surface area contributed by atoms with Gasteiger partial charge in [0.15, 0.2) is 0 Å². The Morgan fingerprint density at radius 3 is 2.50 bits per heavy atom. The average Bonchev–Trinajstić information content (AvgIpc) is 3.32. The molecule has 4 aromatic rings. The second-order valence-electron chi connectivity index (χ2n) is 9.05. The number of rotatable bonds is 13. The summed E-state index contributed by atoms with van der Waals surface area (Å²) in [7, 11) is 0. The summed E-state index contributed by atoms with van der Waals surface area (Å²) in [6.07, 6.45) is 9.58. The minimum Gasteiger partial charge on any atom is -0.493 e. The van der Waals surface area contributed by atoms with Gasteiger partial charge in [-0.3, -0.25) is 4.98 Å². The molecule has 0 saturated carbocycles. The molecule has 0 bridgehead atoms. The minimum atomic E-state index is 0.140. The molecule has 0 aliphatic heterocycles. The van der Waals surface area contributed by atoms with Gasteiger partial charge in [0.1, 0.15) is 11.3 Å². The average molecular weight is 460 g/mol. The van der Waals surface area contributed by atoms with E-state index < -0.39 is 0 Å². The molecule has 2 unspecified atom stereocenters. The molecule has 0 aliphatic carbocycles. The summed E-state index contributed by atoms with van der Waals surface area (Å²) >= 11 is 0. The number of ether oxygens (including phenoxy) is 2. The van der Waals surface area contributed by atoms with Crippen LogP contribution in [0.15, 0.2) is 61.1 Å². The van der Waals surface area contributed by atoms with Crippen LogP contribution in [0.25, 0.3) is 21.9 Å². The first-order chi connectivity index (χ1) is 16.7. The molecule has 2 atom stereocenters. The SMILES string of the molecule is CCCCC(CC)COc1ccc(CC(COCC)n2cnc3cnc4ccccc4c32)cc1. The van der Waals surface area contributed by atoms with E-state index in [0.717, 1.165) is 40.7 Å². The van der Waals surface area contributed by atoms with Gasteiger partial charge in [0, 0.05) is 12.0 Å². The van der Waals surface area contributed by atoms with Crippen LogP contribution in [0.4, 0.5) is 0 Å². The van der Waals surface area contributed by atoms with Crippen molar-refractivity contribution in [2.75, 3.05) is 19.8 Å². The second-order valence-corrected chi connectivity index (χ2v) is 9.05. The van der Waals surface area contributed by atoms with E-state index in [1.165, 1.54) is 31.2 Å². The van der Waals surface area contributed by atoms with Crippen molar-refractivity contribution in [3.05, 3.63) is 66.6 Å². The molecular weight excluding hydrogens is 422 g/mol. The van der Waals surface area contributed by atoms with Crippen molar-refractivity contribution < 1.29 is 9.47 Å². The summed E-state index contributed by atoms with van der Waals surface area (Å²) in [4.78, 5) is 9.22. The third-order valence-corrected chi connectivity index (χ3v) is 6.64. The molecule has 34 heavy (non-hydrogen) atoms. The Bertz CT molecular complexity index is 1170. The Labute approximate surface area is 203 Å². The molecule has 0 spiro atoms. The van der Waals surface area contributed by atoms with Crippen LogP contribution in [0.3, 0.4) is 0 Å². The van der Waals surface area contributed by atoms with E-state index in [9.17, 15) is 0 Å². The zero-order valence-corrected chi connectivity index (χ0v) is 20.7. The first kappa shape index (κ1) is 24.2. The first-order valence-electron chi connectivity index (χ1n) is 12.7. The van der Waals surface area contributed by atoms with Crippen LogP contribution in [0, 0.1) is 5.92 Å². The summed E-state index contributed by atoms with van der Waals surface area (Å²) in [6.45, 7) is 8.66. The Balaban J connectivity index is 1.52. The number of para-hydroxylation sites is 1. The Kier molecular flexibility index (Phi) is 8.53. The monoisotopic (exact) mass is 459 g/mol. The van der Waals surface area contributed by atoms with Crippen molar-refractivity contribution in [3.63, 3.8) is 0 Å². The number of hydrogen-bond acceptors (Lipinski definition) is 4. The molecule has 2 aromatic carbocycles. The number of hydrogen-bond donors (Lipinski definition) is 0. The summed E-state index contributed by atoms with van der Waals surface area (Å²) in [5.74, 6) is 1.58.